The second kappa shape index (κ2) is 7.09. The Morgan fingerprint density at radius 3 is 2.80 bits per heavy atom. The molecule has 1 aromatic carbocycles. The van der Waals surface area contributed by atoms with E-state index in [1.165, 1.54) is 6.07 Å². The second-order valence-corrected chi connectivity index (χ2v) is 5.30. The maximum Gasteiger partial charge on any atom is 0.387 e. The molecule has 1 fully saturated rings. The zero-order chi connectivity index (χ0) is 14.5. The van der Waals surface area contributed by atoms with Crippen molar-refractivity contribution in [1.82, 2.24) is 0 Å². The van der Waals surface area contributed by atoms with E-state index in [0.29, 0.717) is 6.04 Å². The number of hydrogen-bond donors (Lipinski definition) is 1. The van der Waals surface area contributed by atoms with Crippen molar-refractivity contribution in [3.05, 3.63) is 23.2 Å². The van der Waals surface area contributed by atoms with Crippen LogP contribution in [0, 0.1) is 0 Å². The van der Waals surface area contributed by atoms with Crippen LogP contribution in [0.1, 0.15) is 25.7 Å². The third-order valence-corrected chi connectivity index (χ3v) is 3.77. The number of alkyl halides is 2. The van der Waals surface area contributed by atoms with Crippen LogP contribution in [-0.2, 0) is 4.74 Å². The molecule has 1 aromatic rings. The van der Waals surface area contributed by atoms with Crippen molar-refractivity contribution < 1.29 is 18.3 Å². The number of halogens is 3. The van der Waals surface area contributed by atoms with Crippen molar-refractivity contribution >= 4 is 17.3 Å². The highest BCUT2D eigenvalue weighted by Crippen LogP contribution is 2.30. The lowest BCUT2D eigenvalue weighted by atomic mass is 9.92. The summed E-state index contributed by atoms with van der Waals surface area (Å²) in [7, 11) is 1.72. The van der Waals surface area contributed by atoms with E-state index in [0.717, 1.165) is 31.4 Å². The van der Waals surface area contributed by atoms with Crippen LogP contribution in [0.15, 0.2) is 18.2 Å². The van der Waals surface area contributed by atoms with Crippen molar-refractivity contribution in [2.45, 2.75) is 44.4 Å². The second-order valence-electron chi connectivity index (χ2n) is 4.89. The standard InChI is InChI=1S/C14H18ClF2NO2/c1-19-11-4-2-3-9(7-11)18-10-5-6-13(12(15)8-10)20-14(16)17/h5-6,8-9,11,14,18H,2-4,7H2,1H3. The number of anilines is 1. The van der Waals surface area contributed by atoms with E-state index < -0.39 is 6.61 Å². The largest absolute Gasteiger partial charge is 0.433 e. The molecule has 0 heterocycles. The molecule has 0 bridgehead atoms. The molecule has 6 heteroatoms. The highest BCUT2D eigenvalue weighted by atomic mass is 35.5. The maximum absolute atomic E-state index is 12.1. The van der Waals surface area contributed by atoms with Gasteiger partial charge in [-0.25, -0.2) is 0 Å². The summed E-state index contributed by atoms with van der Waals surface area (Å²) in [6.07, 6.45) is 4.46. The van der Waals surface area contributed by atoms with Crippen LogP contribution >= 0.6 is 11.6 Å². The lowest BCUT2D eigenvalue weighted by molar-refractivity contribution is -0.0497. The molecule has 0 saturated heterocycles. The first kappa shape index (κ1) is 15.3. The monoisotopic (exact) mass is 305 g/mol. The molecule has 1 aliphatic carbocycles. The van der Waals surface area contributed by atoms with Crippen LogP contribution in [0.25, 0.3) is 0 Å². The van der Waals surface area contributed by atoms with E-state index in [4.69, 9.17) is 16.3 Å². The summed E-state index contributed by atoms with van der Waals surface area (Å²) in [5.41, 5.74) is 0.804. The van der Waals surface area contributed by atoms with Crippen molar-refractivity contribution in [1.29, 1.82) is 0 Å². The summed E-state index contributed by atoms with van der Waals surface area (Å²) in [6, 6.07) is 5.06. The van der Waals surface area contributed by atoms with Crippen molar-refractivity contribution in [3.8, 4) is 5.75 Å². The van der Waals surface area contributed by atoms with Crippen LogP contribution < -0.4 is 10.1 Å². The minimum absolute atomic E-state index is 0.00868. The fourth-order valence-corrected chi connectivity index (χ4v) is 2.73. The van der Waals surface area contributed by atoms with Gasteiger partial charge in [0.15, 0.2) is 0 Å². The van der Waals surface area contributed by atoms with Crippen LogP contribution in [0.5, 0.6) is 5.75 Å². The van der Waals surface area contributed by atoms with Gasteiger partial charge >= 0.3 is 6.61 Å². The first-order valence-electron chi connectivity index (χ1n) is 6.62. The smallest absolute Gasteiger partial charge is 0.387 e. The van der Waals surface area contributed by atoms with Gasteiger partial charge in [0.25, 0.3) is 0 Å². The highest BCUT2D eigenvalue weighted by molar-refractivity contribution is 6.32. The number of ether oxygens (including phenoxy) is 2. The Balaban J connectivity index is 1.97. The van der Waals surface area contributed by atoms with Gasteiger partial charge in [0.2, 0.25) is 0 Å². The Morgan fingerprint density at radius 2 is 2.15 bits per heavy atom. The van der Waals surface area contributed by atoms with Gasteiger partial charge in [-0.05, 0) is 43.9 Å². The normalized spacial score (nSPS) is 22.9. The van der Waals surface area contributed by atoms with Gasteiger partial charge in [-0.3, -0.25) is 0 Å². The van der Waals surface area contributed by atoms with Crippen LogP contribution in [0.2, 0.25) is 5.02 Å². The molecule has 0 spiro atoms. The average molecular weight is 306 g/mol. The molecule has 0 radical (unpaired) electrons. The number of nitrogens with one attached hydrogen (secondary N) is 1. The van der Waals surface area contributed by atoms with Crippen LogP contribution in [-0.4, -0.2) is 25.9 Å². The van der Waals surface area contributed by atoms with Crippen molar-refractivity contribution in [2.24, 2.45) is 0 Å². The van der Waals surface area contributed by atoms with Gasteiger partial charge in [0, 0.05) is 18.8 Å². The van der Waals surface area contributed by atoms with E-state index in [2.05, 4.69) is 10.1 Å². The molecule has 20 heavy (non-hydrogen) atoms. The van der Waals surface area contributed by atoms with E-state index in [-0.39, 0.29) is 16.9 Å². The topological polar surface area (TPSA) is 30.5 Å². The van der Waals surface area contributed by atoms with Crippen LogP contribution in [0.3, 0.4) is 0 Å². The summed E-state index contributed by atoms with van der Waals surface area (Å²) >= 11 is 5.92. The van der Waals surface area contributed by atoms with Gasteiger partial charge in [-0.2, -0.15) is 8.78 Å². The highest BCUT2D eigenvalue weighted by Gasteiger charge is 2.21. The fraction of sp³-hybridized carbons (Fsp3) is 0.571. The molecule has 112 valence electrons. The Morgan fingerprint density at radius 1 is 1.35 bits per heavy atom. The first-order valence-corrected chi connectivity index (χ1v) is 7.00. The van der Waals surface area contributed by atoms with E-state index in [9.17, 15) is 8.78 Å². The molecule has 0 aliphatic heterocycles. The Bertz CT molecular complexity index is 445. The number of hydrogen-bond acceptors (Lipinski definition) is 3. The van der Waals surface area contributed by atoms with Crippen molar-refractivity contribution in [3.63, 3.8) is 0 Å². The van der Waals surface area contributed by atoms with E-state index in [1.807, 2.05) is 0 Å². The zero-order valence-corrected chi connectivity index (χ0v) is 12.0. The average Bonchev–Trinajstić information content (AvgIpc) is 2.42. The third kappa shape index (κ3) is 4.21. The van der Waals surface area contributed by atoms with Crippen molar-refractivity contribution in [2.75, 3.05) is 12.4 Å². The molecule has 0 amide bonds. The lowest BCUT2D eigenvalue weighted by Crippen LogP contribution is -2.30. The molecular formula is C14H18ClF2NO2. The number of rotatable bonds is 5. The number of methoxy groups -OCH3 is 1. The predicted octanol–water partition coefficient (Wildman–Crippen LogP) is 4.31. The minimum Gasteiger partial charge on any atom is -0.433 e. The van der Waals surface area contributed by atoms with E-state index >= 15 is 0 Å². The summed E-state index contributed by atoms with van der Waals surface area (Å²) in [5.74, 6) is -0.00868. The van der Waals surface area contributed by atoms with Gasteiger partial charge in [-0.15, -0.1) is 0 Å². The zero-order valence-electron chi connectivity index (χ0n) is 11.2. The van der Waals surface area contributed by atoms with Gasteiger partial charge in [-0.1, -0.05) is 11.6 Å². The molecular weight excluding hydrogens is 288 g/mol. The predicted molar refractivity (Wildman–Crippen MR) is 74.8 cm³/mol. The summed E-state index contributed by atoms with van der Waals surface area (Å²) in [4.78, 5) is 0. The number of benzene rings is 1. The fourth-order valence-electron chi connectivity index (χ4n) is 2.51. The SMILES string of the molecule is COC1CCCC(Nc2ccc(OC(F)F)c(Cl)c2)C1. The van der Waals surface area contributed by atoms with Gasteiger partial charge < -0.3 is 14.8 Å². The summed E-state index contributed by atoms with van der Waals surface area (Å²) in [6.45, 7) is -2.87. The summed E-state index contributed by atoms with van der Waals surface area (Å²) < 4.78 is 34.0. The minimum atomic E-state index is -2.87. The molecule has 2 atom stereocenters. The van der Waals surface area contributed by atoms with Gasteiger partial charge in [0.05, 0.1) is 11.1 Å². The first-order chi connectivity index (χ1) is 9.58. The molecule has 2 unspecified atom stereocenters. The quantitative estimate of drug-likeness (QED) is 0.879. The lowest BCUT2D eigenvalue weighted by Gasteiger charge is -2.29. The third-order valence-electron chi connectivity index (χ3n) is 3.48. The molecule has 0 aromatic heterocycles. The Kier molecular flexibility index (Phi) is 5.43. The molecule has 1 aliphatic rings. The molecule has 3 nitrogen and oxygen atoms in total. The van der Waals surface area contributed by atoms with Crippen LogP contribution in [0.4, 0.5) is 14.5 Å². The molecule has 2 rings (SSSR count). The van der Waals surface area contributed by atoms with E-state index in [1.54, 1.807) is 19.2 Å². The summed E-state index contributed by atoms with van der Waals surface area (Å²) in [5, 5.41) is 3.53. The van der Waals surface area contributed by atoms with Gasteiger partial charge in [0.1, 0.15) is 5.75 Å². The Hall–Kier alpha value is -1.07. The molecule has 1 saturated carbocycles. The molecule has 1 N–H and O–H groups in total. The maximum atomic E-state index is 12.1. The Labute approximate surface area is 122 Å².